The van der Waals surface area contributed by atoms with Crippen LogP contribution in [0.2, 0.25) is 0 Å². The molecule has 0 saturated carbocycles. The largest absolute Gasteiger partial charge is 0.490 e. The van der Waals surface area contributed by atoms with Crippen molar-refractivity contribution in [2.24, 2.45) is 12.0 Å². The van der Waals surface area contributed by atoms with E-state index < -0.39 is 0 Å². The van der Waals surface area contributed by atoms with Crippen LogP contribution in [-0.4, -0.2) is 42.0 Å². The molecule has 2 heterocycles. The van der Waals surface area contributed by atoms with Gasteiger partial charge in [-0.2, -0.15) is 5.10 Å². The Labute approximate surface area is 187 Å². The smallest absolute Gasteiger partial charge is 0.195 e. The first kappa shape index (κ1) is 21.7. The molecule has 168 valence electrons. The van der Waals surface area contributed by atoms with Crippen LogP contribution in [0.25, 0.3) is 0 Å². The fraction of sp³-hybridized carbons (Fsp3) is 0.333. The quantitative estimate of drug-likeness (QED) is 0.437. The van der Waals surface area contributed by atoms with Gasteiger partial charge in [-0.3, -0.25) is 9.67 Å². The van der Waals surface area contributed by atoms with Crippen molar-refractivity contribution in [3.63, 3.8) is 0 Å². The Morgan fingerprint density at radius 2 is 1.97 bits per heavy atom. The van der Waals surface area contributed by atoms with Gasteiger partial charge in [0.25, 0.3) is 0 Å². The molecule has 8 heteroatoms. The van der Waals surface area contributed by atoms with Crippen LogP contribution in [0.1, 0.15) is 17.5 Å². The van der Waals surface area contributed by atoms with E-state index in [0.29, 0.717) is 50.0 Å². The van der Waals surface area contributed by atoms with Gasteiger partial charge in [0.05, 0.1) is 19.4 Å². The van der Waals surface area contributed by atoms with Crippen molar-refractivity contribution in [2.75, 3.05) is 31.6 Å². The summed E-state index contributed by atoms with van der Waals surface area (Å²) in [5, 5.41) is 10.9. The third-order valence-corrected chi connectivity index (χ3v) is 5.08. The topological polar surface area (TPSA) is 72.7 Å². The van der Waals surface area contributed by atoms with Gasteiger partial charge in [0, 0.05) is 44.5 Å². The highest BCUT2D eigenvalue weighted by Crippen LogP contribution is 2.32. The number of halogens is 1. The third-order valence-electron chi connectivity index (χ3n) is 5.08. The number of anilines is 1. The summed E-state index contributed by atoms with van der Waals surface area (Å²) in [6.07, 6.45) is 6.03. The summed E-state index contributed by atoms with van der Waals surface area (Å²) in [7, 11) is 1.90. The number of nitrogens with one attached hydrogen (secondary N) is 2. The highest BCUT2D eigenvalue weighted by Gasteiger charge is 2.11. The Kier molecular flexibility index (Phi) is 7.22. The van der Waals surface area contributed by atoms with Gasteiger partial charge in [-0.05, 0) is 42.2 Å². The highest BCUT2D eigenvalue weighted by atomic mass is 19.1. The van der Waals surface area contributed by atoms with Gasteiger partial charge in [0.1, 0.15) is 5.82 Å². The lowest BCUT2D eigenvalue weighted by atomic mass is 10.1. The van der Waals surface area contributed by atoms with Crippen molar-refractivity contribution in [1.82, 2.24) is 15.1 Å². The SMILES string of the molecule is Cn1cc(CCNC(=NCCc2ccccc2F)Nc2ccc3c(c2)OCCCO3)cn1. The zero-order chi connectivity index (χ0) is 22.2. The van der Waals surface area contributed by atoms with E-state index >= 15 is 0 Å². The van der Waals surface area contributed by atoms with Crippen LogP contribution in [0, 0.1) is 5.82 Å². The first-order valence-corrected chi connectivity index (χ1v) is 10.8. The van der Waals surface area contributed by atoms with Crippen LogP contribution in [0.3, 0.4) is 0 Å². The molecular weight excluding hydrogens is 409 g/mol. The van der Waals surface area contributed by atoms with E-state index in [2.05, 4.69) is 20.7 Å². The van der Waals surface area contributed by atoms with Crippen LogP contribution in [0.15, 0.2) is 59.9 Å². The normalized spacial score (nSPS) is 13.5. The summed E-state index contributed by atoms with van der Waals surface area (Å²) in [5.41, 5.74) is 2.63. The fourth-order valence-corrected chi connectivity index (χ4v) is 3.43. The maximum absolute atomic E-state index is 13.9. The first-order valence-electron chi connectivity index (χ1n) is 10.8. The minimum absolute atomic E-state index is 0.204. The van der Waals surface area contributed by atoms with E-state index in [1.807, 2.05) is 43.7 Å². The molecule has 3 aromatic rings. The monoisotopic (exact) mass is 437 g/mol. The van der Waals surface area contributed by atoms with Crippen LogP contribution in [0.5, 0.6) is 11.5 Å². The molecule has 2 N–H and O–H groups in total. The van der Waals surface area contributed by atoms with E-state index in [9.17, 15) is 4.39 Å². The lowest BCUT2D eigenvalue weighted by Crippen LogP contribution is -2.32. The van der Waals surface area contributed by atoms with E-state index in [-0.39, 0.29) is 5.82 Å². The average Bonchev–Trinajstić information content (AvgIpc) is 3.06. The van der Waals surface area contributed by atoms with Gasteiger partial charge in [-0.15, -0.1) is 0 Å². The summed E-state index contributed by atoms with van der Waals surface area (Å²) >= 11 is 0. The number of guanidine groups is 1. The van der Waals surface area contributed by atoms with E-state index in [1.165, 1.54) is 6.07 Å². The third kappa shape index (κ3) is 6.00. The number of aryl methyl sites for hydroxylation is 1. The van der Waals surface area contributed by atoms with Crippen LogP contribution in [-0.2, 0) is 19.9 Å². The summed E-state index contributed by atoms with van der Waals surface area (Å²) in [5.74, 6) is 1.88. The second kappa shape index (κ2) is 10.7. The van der Waals surface area contributed by atoms with Crippen molar-refractivity contribution >= 4 is 11.6 Å². The number of nitrogens with zero attached hydrogens (tertiary/aromatic N) is 3. The van der Waals surface area contributed by atoms with Crippen molar-refractivity contribution in [1.29, 1.82) is 0 Å². The van der Waals surface area contributed by atoms with Gasteiger partial charge in [-0.1, -0.05) is 18.2 Å². The van der Waals surface area contributed by atoms with Crippen molar-refractivity contribution in [3.8, 4) is 11.5 Å². The van der Waals surface area contributed by atoms with Crippen molar-refractivity contribution in [2.45, 2.75) is 19.3 Å². The Morgan fingerprint density at radius 3 is 2.78 bits per heavy atom. The van der Waals surface area contributed by atoms with Crippen molar-refractivity contribution in [3.05, 3.63) is 71.8 Å². The van der Waals surface area contributed by atoms with Gasteiger partial charge < -0.3 is 20.1 Å². The summed E-state index contributed by atoms with van der Waals surface area (Å²) in [6, 6.07) is 12.5. The molecule has 1 aromatic heterocycles. The fourth-order valence-electron chi connectivity index (χ4n) is 3.43. The first-order chi connectivity index (χ1) is 15.7. The van der Waals surface area contributed by atoms with Gasteiger partial charge in [0.2, 0.25) is 0 Å². The second-order valence-electron chi connectivity index (χ2n) is 7.61. The standard InChI is InChI=1S/C24H28FN5O2/c1-30-17-18(16-28-30)9-11-26-24(27-12-10-19-5-2-3-6-21(19)25)29-20-7-8-22-23(15-20)32-14-4-13-31-22/h2-3,5-8,15-17H,4,9-14H2,1H3,(H2,26,27,29). The molecule has 7 nitrogen and oxygen atoms in total. The number of aromatic nitrogens is 2. The maximum atomic E-state index is 13.9. The van der Waals surface area contributed by atoms with Crippen LogP contribution >= 0.6 is 0 Å². The number of hydrogen-bond donors (Lipinski definition) is 2. The minimum atomic E-state index is -0.204. The molecule has 0 bridgehead atoms. The molecule has 0 spiro atoms. The van der Waals surface area contributed by atoms with Crippen molar-refractivity contribution < 1.29 is 13.9 Å². The van der Waals surface area contributed by atoms with E-state index in [1.54, 1.807) is 16.8 Å². The molecular formula is C24H28FN5O2. The van der Waals surface area contributed by atoms with Crippen LogP contribution in [0.4, 0.5) is 10.1 Å². The molecule has 0 unspecified atom stereocenters. The average molecular weight is 438 g/mol. The maximum Gasteiger partial charge on any atom is 0.195 e. The molecule has 0 fully saturated rings. The molecule has 2 aromatic carbocycles. The molecule has 0 aliphatic carbocycles. The molecule has 1 aliphatic heterocycles. The molecule has 1 aliphatic rings. The molecule has 0 atom stereocenters. The lowest BCUT2D eigenvalue weighted by molar-refractivity contribution is 0.297. The number of hydrogen-bond acceptors (Lipinski definition) is 4. The zero-order valence-electron chi connectivity index (χ0n) is 18.2. The van der Waals surface area contributed by atoms with Gasteiger partial charge in [0.15, 0.2) is 17.5 Å². The lowest BCUT2D eigenvalue weighted by Gasteiger charge is -2.14. The Bertz CT molecular complexity index is 1070. The molecule has 0 radical (unpaired) electrons. The Morgan fingerprint density at radius 1 is 1.12 bits per heavy atom. The second-order valence-corrected chi connectivity index (χ2v) is 7.61. The molecule has 4 rings (SSSR count). The Balaban J connectivity index is 1.43. The minimum Gasteiger partial charge on any atom is -0.490 e. The van der Waals surface area contributed by atoms with Gasteiger partial charge in [-0.25, -0.2) is 4.39 Å². The van der Waals surface area contributed by atoms with E-state index in [0.717, 1.165) is 29.8 Å². The number of aliphatic imine (C=N–C) groups is 1. The van der Waals surface area contributed by atoms with Gasteiger partial charge >= 0.3 is 0 Å². The highest BCUT2D eigenvalue weighted by molar-refractivity contribution is 5.94. The number of benzene rings is 2. The number of rotatable bonds is 7. The van der Waals surface area contributed by atoms with Crippen LogP contribution < -0.4 is 20.1 Å². The molecule has 0 amide bonds. The summed E-state index contributed by atoms with van der Waals surface area (Å²) in [4.78, 5) is 4.66. The molecule has 0 saturated heterocycles. The molecule has 32 heavy (non-hydrogen) atoms. The number of ether oxygens (including phenoxy) is 2. The van der Waals surface area contributed by atoms with E-state index in [4.69, 9.17) is 9.47 Å². The summed E-state index contributed by atoms with van der Waals surface area (Å²) < 4.78 is 27.2. The predicted molar refractivity (Wildman–Crippen MR) is 123 cm³/mol. The number of fused-ring (bicyclic) bond motifs is 1. The Hall–Kier alpha value is -3.55. The predicted octanol–water partition coefficient (Wildman–Crippen LogP) is 3.56. The zero-order valence-corrected chi connectivity index (χ0v) is 18.2. The summed E-state index contributed by atoms with van der Waals surface area (Å²) in [6.45, 7) is 2.41.